The monoisotopic (exact) mass is 340 g/mol. The molecular formula is C17H20N6O2. The second kappa shape index (κ2) is 6.29. The number of carbonyl (C=O) groups is 1. The third-order valence-corrected chi connectivity index (χ3v) is 4.64. The van der Waals surface area contributed by atoms with E-state index in [1.54, 1.807) is 10.9 Å². The second-order valence-electron chi connectivity index (χ2n) is 6.35. The topological polar surface area (TPSA) is 97.9 Å². The molecular weight excluding hydrogens is 320 g/mol. The average Bonchev–Trinajstić information content (AvgIpc) is 3.21. The Morgan fingerprint density at radius 2 is 2.16 bits per heavy atom. The van der Waals surface area contributed by atoms with E-state index in [9.17, 15) is 4.79 Å². The van der Waals surface area contributed by atoms with Crippen molar-refractivity contribution in [3.8, 4) is 0 Å². The molecule has 1 aliphatic heterocycles. The summed E-state index contributed by atoms with van der Waals surface area (Å²) in [7, 11) is 1.85. The largest absolute Gasteiger partial charge is 0.447 e. The number of aromatic nitrogens is 4. The van der Waals surface area contributed by atoms with E-state index in [2.05, 4.69) is 25.7 Å². The van der Waals surface area contributed by atoms with Crippen LogP contribution in [-0.2, 0) is 7.05 Å². The van der Waals surface area contributed by atoms with Gasteiger partial charge in [-0.25, -0.2) is 9.97 Å². The SMILES string of the molecule is Cc1nn(C)c2ncc(NC(=O)c3ncoc3C3CCNCC3)cc12. The number of piperidine rings is 1. The van der Waals surface area contributed by atoms with Gasteiger partial charge in [0.2, 0.25) is 0 Å². The van der Waals surface area contributed by atoms with Gasteiger partial charge in [0.1, 0.15) is 5.76 Å². The van der Waals surface area contributed by atoms with E-state index < -0.39 is 0 Å². The van der Waals surface area contributed by atoms with Crippen molar-refractivity contribution < 1.29 is 9.21 Å². The number of aryl methyl sites for hydroxylation is 2. The molecule has 130 valence electrons. The molecule has 1 saturated heterocycles. The Labute approximate surface area is 144 Å². The molecule has 0 radical (unpaired) electrons. The number of hydrogen-bond donors (Lipinski definition) is 2. The van der Waals surface area contributed by atoms with E-state index in [0.29, 0.717) is 17.1 Å². The van der Waals surface area contributed by atoms with Crippen molar-refractivity contribution in [1.82, 2.24) is 25.1 Å². The molecule has 0 bridgehead atoms. The fraction of sp³-hybridized carbons (Fsp3) is 0.412. The summed E-state index contributed by atoms with van der Waals surface area (Å²) in [4.78, 5) is 21.2. The highest BCUT2D eigenvalue weighted by Gasteiger charge is 2.26. The fourth-order valence-corrected chi connectivity index (χ4v) is 3.37. The van der Waals surface area contributed by atoms with Gasteiger partial charge in [-0.1, -0.05) is 0 Å². The van der Waals surface area contributed by atoms with E-state index in [-0.39, 0.29) is 11.8 Å². The minimum atomic E-state index is -0.273. The number of pyridine rings is 1. The predicted octanol–water partition coefficient (Wildman–Crippen LogP) is 1.98. The minimum absolute atomic E-state index is 0.227. The lowest BCUT2D eigenvalue weighted by atomic mass is 9.94. The van der Waals surface area contributed by atoms with Gasteiger partial charge in [0, 0.05) is 18.4 Å². The summed E-state index contributed by atoms with van der Waals surface area (Å²) in [5.41, 5.74) is 2.63. The third kappa shape index (κ3) is 2.89. The second-order valence-corrected chi connectivity index (χ2v) is 6.35. The molecule has 8 heteroatoms. The zero-order chi connectivity index (χ0) is 17.4. The lowest BCUT2D eigenvalue weighted by Crippen LogP contribution is -2.27. The zero-order valence-corrected chi connectivity index (χ0v) is 14.2. The van der Waals surface area contributed by atoms with Crippen molar-refractivity contribution in [2.45, 2.75) is 25.7 Å². The fourth-order valence-electron chi connectivity index (χ4n) is 3.37. The van der Waals surface area contributed by atoms with Gasteiger partial charge in [0.05, 0.1) is 17.6 Å². The molecule has 0 atom stereocenters. The van der Waals surface area contributed by atoms with Crippen LogP contribution in [0.5, 0.6) is 0 Å². The number of rotatable bonds is 3. The standard InChI is InChI=1S/C17H20N6O2/c1-10-13-7-12(8-19-16(13)23(2)22-10)21-17(24)14-15(25-9-20-14)11-3-5-18-6-4-11/h7-9,11,18H,3-6H2,1-2H3,(H,21,24). The van der Waals surface area contributed by atoms with Crippen LogP contribution in [0.4, 0.5) is 5.69 Å². The van der Waals surface area contributed by atoms with Crippen LogP contribution in [0.3, 0.4) is 0 Å². The molecule has 3 aromatic rings. The molecule has 3 aromatic heterocycles. The molecule has 1 aliphatic rings. The Bertz CT molecular complexity index is 923. The van der Waals surface area contributed by atoms with E-state index >= 15 is 0 Å². The number of carbonyl (C=O) groups excluding carboxylic acids is 1. The predicted molar refractivity (Wildman–Crippen MR) is 92.5 cm³/mol. The van der Waals surface area contributed by atoms with Gasteiger partial charge in [-0.3, -0.25) is 9.48 Å². The van der Waals surface area contributed by atoms with Gasteiger partial charge in [0.15, 0.2) is 17.7 Å². The highest BCUT2D eigenvalue weighted by atomic mass is 16.3. The van der Waals surface area contributed by atoms with Crippen molar-refractivity contribution in [3.05, 3.63) is 35.8 Å². The smallest absolute Gasteiger partial charge is 0.277 e. The molecule has 2 N–H and O–H groups in total. The van der Waals surface area contributed by atoms with Crippen LogP contribution in [0.15, 0.2) is 23.1 Å². The van der Waals surface area contributed by atoms with Crippen molar-refractivity contribution in [2.24, 2.45) is 7.05 Å². The van der Waals surface area contributed by atoms with Crippen LogP contribution in [0.25, 0.3) is 11.0 Å². The van der Waals surface area contributed by atoms with Crippen molar-refractivity contribution in [2.75, 3.05) is 18.4 Å². The highest BCUT2D eigenvalue weighted by molar-refractivity contribution is 6.04. The summed E-state index contributed by atoms with van der Waals surface area (Å²) in [5, 5.41) is 11.4. The average molecular weight is 340 g/mol. The highest BCUT2D eigenvalue weighted by Crippen LogP contribution is 2.28. The Morgan fingerprint density at radius 1 is 1.36 bits per heavy atom. The van der Waals surface area contributed by atoms with Gasteiger partial charge in [-0.15, -0.1) is 0 Å². The van der Waals surface area contributed by atoms with Crippen LogP contribution < -0.4 is 10.6 Å². The molecule has 0 saturated carbocycles. The van der Waals surface area contributed by atoms with Crippen LogP contribution in [0, 0.1) is 6.92 Å². The van der Waals surface area contributed by atoms with Crippen LogP contribution >= 0.6 is 0 Å². The first-order valence-electron chi connectivity index (χ1n) is 8.38. The molecule has 0 unspecified atom stereocenters. The molecule has 25 heavy (non-hydrogen) atoms. The maximum absolute atomic E-state index is 12.7. The van der Waals surface area contributed by atoms with E-state index in [1.807, 2.05) is 20.0 Å². The van der Waals surface area contributed by atoms with Gasteiger partial charge in [0.25, 0.3) is 5.91 Å². The Balaban J connectivity index is 1.58. The number of oxazole rings is 1. The summed E-state index contributed by atoms with van der Waals surface area (Å²) >= 11 is 0. The molecule has 1 amide bonds. The normalized spacial score (nSPS) is 15.6. The number of fused-ring (bicyclic) bond motifs is 1. The van der Waals surface area contributed by atoms with E-state index in [4.69, 9.17) is 4.42 Å². The summed E-state index contributed by atoms with van der Waals surface area (Å²) in [6.07, 6.45) is 4.86. The Kier molecular flexibility index (Phi) is 3.96. The first-order chi connectivity index (χ1) is 12.1. The van der Waals surface area contributed by atoms with E-state index in [0.717, 1.165) is 42.7 Å². The first kappa shape index (κ1) is 15.8. The van der Waals surface area contributed by atoms with Crippen molar-refractivity contribution in [1.29, 1.82) is 0 Å². The lowest BCUT2D eigenvalue weighted by Gasteiger charge is -2.21. The number of nitrogens with zero attached hydrogens (tertiary/aromatic N) is 4. The number of amides is 1. The lowest BCUT2D eigenvalue weighted by molar-refractivity contribution is 0.102. The van der Waals surface area contributed by atoms with E-state index in [1.165, 1.54) is 6.39 Å². The zero-order valence-electron chi connectivity index (χ0n) is 14.2. The maximum atomic E-state index is 12.7. The molecule has 0 spiro atoms. The molecule has 8 nitrogen and oxygen atoms in total. The molecule has 1 fully saturated rings. The maximum Gasteiger partial charge on any atom is 0.277 e. The van der Waals surface area contributed by atoms with Crippen LogP contribution in [0.2, 0.25) is 0 Å². The summed E-state index contributed by atoms with van der Waals surface area (Å²) in [6.45, 7) is 3.77. The molecule has 0 aliphatic carbocycles. The summed E-state index contributed by atoms with van der Waals surface area (Å²) in [5.74, 6) is 0.626. The van der Waals surface area contributed by atoms with Gasteiger partial charge in [-0.2, -0.15) is 5.10 Å². The summed E-state index contributed by atoms with van der Waals surface area (Å²) in [6, 6.07) is 1.88. The number of nitrogens with one attached hydrogen (secondary N) is 2. The summed E-state index contributed by atoms with van der Waals surface area (Å²) < 4.78 is 7.25. The first-order valence-corrected chi connectivity index (χ1v) is 8.38. The molecule has 4 rings (SSSR count). The quantitative estimate of drug-likeness (QED) is 0.756. The van der Waals surface area contributed by atoms with Gasteiger partial charge < -0.3 is 15.1 Å². The molecule has 0 aromatic carbocycles. The molecule has 4 heterocycles. The Morgan fingerprint density at radius 3 is 2.96 bits per heavy atom. The van der Waals surface area contributed by atoms with Crippen molar-refractivity contribution >= 4 is 22.6 Å². The third-order valence-electron chi connectivity index (χ3n) is 4.64. The minimum Gasteiger partial charge on any atom is -0.447 e. The van der Waals surface area contributed by atoms with Gasteiger partial charge in [-0.05, 0) is 38.9 Å². The Hall–Kier alpha value is -2.74. The van der Waals surface area contributed by atoms with Crippen LogP contribution in [0.1, 0.15) is 40.7 Å². The van der Waals surface area contributed by atoms with Gasteiger partial charge >= 0.3 is 0 Å². The number of anilines is 1. The van der Waals surface area contributed by atoms with Crippen LogP contribution in [-0.4, -0.2) is 38.7 Å². The number of hydrogen-bond acceptors (Lipinski definition) is 6. The van der Waals surface area contributed by atoms with Crippen molar-refractivity contribution in [3.63, 3.8) is 0 Å².